The fourth-order valence-corrected chi connectivity index (χ4v) is 5.91. The molecule has 1 amide bonds. The van der Waals surface area contributed by atoms with Crippen LogP contribution in [0.2, 0.25) is 0 Å². The van der Waals surface area contributed by atoms with Crippen LogP contribution < -0.4 is 20.1 Å². The van der Waals surface area contributed by atoms with E-state index in [0.29, 0.717) is 29.9 Å². The largest absolute Gasteiger partial charge is 0.475 e. The van der Waals surface area contributed by atoms with Gasteiger partial charge in [0.1, 0.15) is 16.5 Å². The summed E-state index contributed by atoms with van der Waals surface area (Å²) in [5, 5.41) is 0. The van der Waals surface area contributed by atoms with Crippen LogP contribution >= 0.6 is 0 Å². The second-order valence-corrected chi connectivity index (χ2v) is 12.3. The van der Waals surface area contributed by atoms with Crippen molar-refractivity contribution in [1.29, 1.82) is 0 Å². The number of nitrogens with zero attached hydrogens (tertiary/aromatic N) is 4. The molecule has 0 bridgehead atoms. The summed E-state index contributed by atoms with van der Waals surface area (Å²) < 4.78 is 33.9. The zero-order valence-corrected chi connectivity index (χ0v) is 23.3. The molecule has 1 aliphatic rings. The third kappa shape index (κ3) is 5.57. The highest BCUT2D eigenvalue weighted by molar-refractivity contribution is 7.90. The third-order valence-corrected chi connectivity index (χ3v) is 7.82. The summed E-state index contributed by atoms with van der Waals surface area (Å²) in [6.45, 7) is 12.8. The van der Waals surface area contributed by atoms with E-state index in [1.807, 2.05) is 26.8 Å². The molecule has 4 rings (SSSR count). The number of nitrogens with one attached hydrogen (secondary N) is 1. The third-order valence-electron chi connectivity index (χ3n) is 6.44. The van der Waals surface area contributed by atoms with E-state index >= 15 is 0 Å². The number of hydrogen-bond acceptors (Lipinski definition) is 9. The van der Waals surface area contributed by atoms with Gasteiger partial charge in [0.25, 0.3) is 15.9 Å². The van der Waals surface area contributed by atoms with Gasteiger partial charge >= 0.3 is 0 Å². The van der Waals surface area contributed by atoms with Crippen molar-refractivity contribution in [3.05, 3.63) is 53.9 Å². The lowest BCUT2D eigenvalue weighted by Crippen LogP contribution is -2.41. The van der Waals surface area contributed by atoms with E-state index in [2.05, 4.69) is 40.4 Å². The van der Waals surface area contributed by atoms with Gasteiger partial charge in [0.15, 0.2) is 0 Å². The van der Waals surface area contributed by atoms with Crippen molar-refractivity contribution in [3.63, 3.8) is 0 Å². The first-order valence-corrected chi connectivity index (χ1v) is 14.0. The van der Waals surface area contributed by atoms with Crippen molar-refractivity contribution in [2.45, 2.75) is 64.5 Å². The number of nitrogen functional groups attached to an aromatic ring is 1. The van der Waals surface area contributed by atoms with Crippen LogP contribution in [0.25, 0.3) is 11.3 Å². The molecule has 38 heavy (non-hydrogen) atoms. The topological polar surface area (TPSA) is 140 Å². The number of pyridine rings is 3. The van der Waals surface area contributed by atoms with Crippen LogP contribution in [0.5, 0.6) is 5.88 Å². The molecule has 0 aliphatic carbocycles. The number of aromatic nitrogens is 3. The minimum absolute atomic E-state index is 0.00717. The minimum Gasteiger partial charge on any atom is -0.475 e. The maximum Gasteiger partial charge on any atom is 0.268 e. The number of anilines is 2. The first kappa shape index (κ1) is 27.3. The Kier molecular flexibility index (Phi) is 7.33. The van der Waals surface area contributed by atoms with Gasteiger partial charge < -0.3 is 15.4 Å². The summed E-state index contributed by atoms with van der Waals surface area (Å²) in [4.78, 5) is 28.4. The van der Waals surface area contributed by atoms with Gasteiger partial charge in [-0.05, 0) is 77.3 Å². The number of rotatable bonds is 7. The maximum atomic E-state index is 13.4. The van der Waals surface area contributed by atoms with E-state index in [1.165, 1.54) is 18.3 Å². The van der Waals surface area contributed by atoms with Gasteiger partial charge in [0, 0.05) is 35.6 Å². The van der Waals surface area contributed by atoms with Crippen LogP contribution in [0.1, 0.15) is 57.0 Å². The SMILES string of the molecule is Cc1cc(-c2ccc(C(=O)NS(=O)(=O)c3cccnc3N)c(N3C[C@@H](C)CC3(C)C)n2)cnc1OC(C)C. The van der Waals surface area contributed by atoms with E-state index in [9.17, 15) is 13.2 Å². The summed E-state index contributed by atoms with van der Waals surface area (Å²) in [6, 6.07) is 7.97. The van der Waals surface area contributed by atoms with E-state index < -0.39 is 15.9 Å². The molecule has 0 aromatic carbocycles. The molecule has 1 saturated heterocycles. The second kappa shape index (κ2) is 10.2. The normalized spacial score (nSPS) is 17.0. The lowest BCUT2D eigenvalue weighted by molar-refractivity contribution is 0.0981. The number of carbonyl (C=O) groups is 1. The minimum atomic E-state index is -4.26. The average Bonchev–Trinajstić information content (AvgIpc) is 3.11. The lowest BCUT2D eigenvalue weighted by Gasteiger charge is -2.34. The predicted molar refractivity (Wildman–Crippen MR) is 146 cm³/mol. The van der Waals surface area contributed by atoms with Crippen molar-refractivity contribution in [3.8, 4) is 17.1 Å². The highest BCUT2D eigenvalue weighted by atomic mass is 32.2. The summed E-state index contributed by atoms with van der Waals surface area (Å²) >= 11 is 0. The molecule has 11 heteroatoms. The Hall–Kier alpha value is -3.73. The number of sulfonamides is 1. The molecule has 10 nitrogen and oxygen atoms in total. The number of hydrogen-bond donors (Lipinski definition) is 2. The van der Waals surface area contributed by atoms with Crippen LogP contribution in [-0.2, 0) is 10.0 Å². The summed E-state index contributed by atoms with van der Waals surface area (Å²) in [5.41, 5.74) is 7.83. The zero-order chi connectivity index (χ0) is 27.8. The molecular formula is C27H34N6O4S. The van der Waals surface area contributed by atoms with Crippen LogP contribution in [0.15, 0.2) is 47.6 Å². The molecule has 4 heterocycles. The molecule has 0 spiro atoms. The first-order valence-electron chi connectivity index (χ1n) is 12.5. The number of nitrogens with two attached hydrogens (primary N) is 1. The molecule has 3 aromatic heterocycles. The Balaban J connectivity index is 1.77. The molecule has 1 atom stereocenters. The molecule has 0 unspecified atom stereocenters. The zero-order valence-electron chi connectivity index (χ0n) is 22.5. The van der Waals surface area contributed by atoms with Gasteiger partial charge in [-0.3, -0.25) is 4.79 Å². The smallest absolute Gasteiger partial charge is 0.268 e. The molecular weight excluding hydrogens is 504 g/mol. The predicted octanol–water partition coefficient (Wildman–Crippen LogP) is 3.96. The van der Waals surface area contributed by atoms with Crippen molar-refractivity contribution >= 4 is 27.6 Å². The van der Waals surface area contributed by atoms with E-state index in [0.717, 1.165) is 17.5 Å². The number of amides is 1. The van der Waals surface area contributed by atoms with E-state index in [-0.39, 0.29) is 27.9 Å². The monoisotopic (exact) mass is 538 g/mol. The lowest BCUT2D eigenvalue weighted by atomic mass is 9.97. The Morgan fingerprint density at radius 1 is 1.24 bits per heavy atom. The van der Waals surface area contributed by atoms with Gasteiger partial charge in [0.05, 0.1) is 17.4 Å². The van der Waals surface area contributed by atoms with Gasteiger partial charge in [-0.15, -0.1) is 0 Å². The van der Waals surface area contributed by atoms with Crippen LogP contribution in [0.4, 0.5) is 11.6 Å². The van der Waals surface area contributed by atoms with E-state index in [1.54, 1.807) is 18.3 Å². The van der Waals surface area contributed by atoms with Gasteiger partial charge in [-0.2, -0.15) is 0 Å². The summed E-state index contributed by atoms with van der Waals surface area (Å²) in [7, 11) is -4.26. The Morgan fingerprint density at radius 3 is 2.58 bits per heavy atom. The van der Waals surface area contributed by atoms with Crippen LogP contribution in [-0.4, -0.2) is 47.5 Å². The fraction of sp³-hybridized carbons (Fsp3) is 0.407. The number of aryl methyl sites for hydroxylation is 1. The fourth-order valence-electron chi connectivity index (χ4n) is 4.86. The van der Waals surface area contributed by atoms with Crippen molar-refractivity contribution < 1.29 is 17.9 Å². The van der Waals surface area contributed by atoms with Gasteiger partial charge in [-0.1, -0.05) is 6.92 Å². The first-order chi connectivity index (χ1) is 17.8. The van der Waals surface area contributed by atoms with Crippen LogP contribution in [0, 0.1) is 12.8 Å². The summed E-state index contributed by atoms with van der Waals surface area (Å²) in [5.74, 6) is 0.330. The van der Waals surface area contributed by atoms with Crippen molar-refractivity contribution in [1.82, 2.24) is 19.7 Å². The molecule has 1 fully saturated rings. The van der Waals surface area contributed by atoms with Crippen molar-refractivity contribution in [2.75, 3.05) is 17.2 Å². The Morgan fingerprint density at radius 2 is 1.97 bits per heavy atom. The van der Waals surface area contributed by atoms with Crippen LogP contribution in [0.3, 0.4) is 0 Å². The molecule has 3 N–H and O–H groups in total. The molecule has 0 radical (unpaired) electrons. The number of ether oxygens (including phenoxy) is 1. The van der Waals surface area contributed by atoms with Crippen molar-refractivity contribution in [2.24, 2.45) is 5.92 Å². The Labute approximate surface area is 223 Å². The quantitative estimate of drug-likeness (QED) is 0.457. The Bertz CT molecular complexity index is 1470. The standard InChI is InChI=1S/C27H34N6O4S/c1-16(2)37-26-18(4)12-19(14-30-26)21-10-9-20(24(31-21)33-15-17(3)13-27(33,5)6)25(34)32-38(35,36)22-8-7-11-29-23(22)28/h7-12,14,16-17H,13,15H2,1-6H3,(H2,28,29)(H,32,34)/t17-/m0/s1. The molecule has 202 valence electrons. The second-order valence-electron chi connectivity index (χ2n) is 10.6. The maximum absolute atomic E-state index is 13.4. The highest BCUT2D eigenvalue weighted by Crippen LogP contribution is 2.38. The average molecular weight is 539 g/mol. The number of carbonyl (C=O) groups excluding carboxylic acids is 1. The molecule has 1 aliphatic heterocycles. The van der Waals surface area contributed by atoms with E-state index in [4.69, 9.17) is 15.5 Å². The highest BCUT2D eigenvalue weighted by Gasteiger charge is 2.39. The summed E-state index contributed by atoms with van der Waals surface area (Å²) in [6.07, 6.45) is 3.95. The van der Waals surface area contributed by atoms with Gasteiger partial charge in [-0.25, -0.2) is 28.1 Å². The molecule has 3 aromatic rings. The molecule has 0 saturated carbocycles. The van der Waals surface area contributed by atoms with Gasteiger partial charge in [0.2, 0.25) is 5.88 Å².